The van der Waals surface area contributed by atoms with Crippen LogP contribution in [0.15, 0.2) is 0 Å². The predicted molar refractivity (Wildman–Crippen MR) is 45.9 cm³/mol. The van der Waals surface area contributed by atoms with Gasteiger partial charge in [-0.15, -0.1) is 0 Å². The lowest BCUT2D eigenvalue weighted by Gasteiger charge is -2.23. The van der Waals surface area contributed by atoms with E-state index < -0.39 is 18.1 Å². The quantitative estimate of drug-likeness (QED) is 0.675. The molecule has 1 unspecified atom stereocenters. The minimum atomic E-state index is -0.808. The molecule has 2 nitrogen and oxygen atoms in total. The molecule has 0 saturated carbocycles. The highest BCUT2D eigenvalue weighted by Crippen LogP contribution is 2.29. The van der Waals surface area contributed by atoms with E-state index in [2.05, 4.69) is 0 Å². The van der Waals surface area contributed by atoms with Crippen molar-refractivity contribution in [3.05, 3.63) is 0 Å². The first-order chi connectivity index (χ1) is 5.56. The summed E-state index contributed by atoms with van der Waals surface area (Å²) in [5.41, 5.74) is -0.721. The first kappa shape index (κ1) is 11.4. The molecule has 0 aliphatic rings. The largest absolute Gasteiger partial charge is 0.481 e. The molecule has 1 N–H and O–H groups in total. The molecular formula is C9H17FO2. The highest BCUT2D eigenvalue weighted by atomic mass is 19.1. The molecule has 0 fully saturated rings. The second-order valence-corrected chi connectivity index (χ2v) is 3.41. The predicted octanol–water partition coefficient (Wildman–Crippen LogP) is 2.63. The maximum Gasteiger partial charge on any atom is 0.309 e. The number of alkyl halides is 1. The maximum atomic E-state index is 11.8. The Balaban J connectivity index is 4.08. The van der Waals surface area contributed by atoms with E-state index >= 15 is 0 Å². The van der Waals surface area contributed by atoms with Gasteiger partial charge in [0.15, 0.2) is 0 Å². The van der Waals surface area contributed by atoms with Crippen LogP contribution < -0.4 is 0 Å². The molecule has 0 bridgehead atoms. The number of hydrogen-bond acceptors (Lipinski definition) is 1. The van der Waals surface area contributed by atoms with Gasteiger partial charge in [-0.05, 0) is 26.2 Å². The van der Waals surface area contributed by atoms with Crippen LogP contribution in [0.3, 0.4) is 0 Å². The van der Waals surface area contributed by atoms with E-state index in [0.717, 1.165) is 6.42 Å². The number of aliphatic carboxylic acids is 1. The summed E-state index contributed by atoms with van der Waals surface area (Å²) < 4.78 is 11.8. The van der Waals surface area contributed by atoms with Crippen molar-refractivity contribution < 1.29 is 14.3 Å². The van der Waals surface area contributed by atoms with Crippen LogP contribution in [-0.4, -0.2) is 17.8 Å². The van der Waals surface area contributed by atoms with Crippen molar-refractivity contribution in [3.8, 4) is 0 Å². The van der Waals surface area contributed by atoms with Gasteiger partial charge in [0.1, 0.15) is 0 Å². The van der Waals surface area contributed by atoms with Gasteiger partial charge in [0.2, 0.25) is 0 Å². The molecule has 0 aliphatic heterocycles. The molecule has 72 valence electrons. The van der Waals surface area contributed by atoms with Gasteiger partial charge < -0.3 is 5.11 Å². The third-order valence-corrected chi connectivity index (χ3v) is 2.18. The van der Waals surface area contributed by atoms with Crippen molar-refractivity contribution in [3.63, 3.8) is 0 Å². The Morgan fingerprint density at radius 3 is 2.42 bits per heavy atom. The van der Waals surface area contributed by atoms with E-state index in [1.807, 2.05) is 6.92 Å². The Labute approximate surface area is 72.8 Å². The van der Waals surface area contributed by atoms with Crippen LogP contribution in [0.5, 0.6) is 0 Å². The van der Waals surface area contributed by atoms with E-state index in [1.165, 1.54) is 0 Å². The Morgan fingerprint density at radius 2 is 2.08 bits per heavy atom. The molecule has 0 rings (SSSR count). The van der Waals surface area contributed by atoms with Gasteiger partial charge in [0.05, 0.1) is 12.1 Å². The van der Waals surface area contributed by atoms with Crippen molar-refractivity contribution in [1.29, 1.82) is 0 Å². The molecule has 3 heteroatoms. The Kier molecular flexibility index (Phi) is 4.86. The van der Waals surface area contributed by atoms with Gasteiger partial charge in [0.25, 0.3) is 0 Å². The number of rotatable bonds is 6. The van der Waals surface area contributed by atoms with Crippen LogP contribution in [0.25, 0.3) is 0 Å². The van der Waals surface area contributed by atoms with E-state index in [1.54, 1.807) is 6.92 Å². The van der Waals surface area contributed by atoms with Crippen LogP contribution in [0.4, 0.5) is 4.39 Å². The molecule has 0 aromatic rings. The van der Waals surface area contributed by atoms with E-state index in [-0.39, 0.29) is 0 Å². The third kappa shape index (κ3) is 3.20. The van der Waals surface area contributed by atoms with Crippen molar-refractivity contribution in [2.75, 3.05) is 6.67 Å². The summed E-state index contributed by atoms with van der Waals surface area (Å²) in [7, 11) is 0. The number of carbonyl (C=O) groups is 1. The minimum Gasteiger partial charge on any atom is -0.481 e. The summed E-state index contributed by atoms with van der Waals surface area (Å²) in [5.74, 6) is -0.808. The molecule has 1 atom stereocenters. The fourth-order valence-electron chi connectivity index (χ4n) is 1.35. The van der Waals surface area contributed by atoms with Crippen LogP contribution in [-0.2, 0) is 4.79 Å². The molecule has 12 heavy (non-hydrogen) atoms. The minimum absolute atomic E-state index is 0.350. The topological polar surface area (TPSA) is 37.3 Å². The third-order valence-electron chi connectivity index (χ3n) is 2.18. The summed E-state index contributed by atoms with van der Waals surface area (Å²) in [6.45, 7) is 3.21. The second kappa shape index (κ2) is 5.12. The van der Waals surface area contributed by atoms with Gasteiger partial charge in [-0.1, -0.05) is 13.3 Å². The van der Waals surface area contributed by atoms with E-state index in [0.29, 0.717) is 19.3 Å². The van der Waals surface area contributed by atoms with Gasteiger partial charge in [-0.2, -0.15) is 0 Å². The Morgan fingerprint density at radius 1 is 1.50 bits per heavy atom. The zero-order valence-corrected chi connectivity index (χ0v) is 7.77. The second-order valence-electron chi connectivity index (χ2n) is 3.41. The standard InChI is InChI=1S/C9H17FO2/c1-3-5-9(2,8(11)12)6-4-7-10/h3-7H2,1-2H3,(H,11,12). The number of carboxylic acid groups (broad SMARTS) is 1. The summed E-state index contributed by atoms with van der Waals surface area (Å²) >= 11 is 0. The molecule has 0 heterocycles. The molecule has 0 aliphatic carbocycles. The SMILES string of the molecule is CCCC(C)(CCCF)C(=O)O. The number of hydrogen-bond donors (Lipinski definition) is 1. The summed E-state index contributed by atoms with van der Waals surface area (Å²) in [6.07, 6.45) is 2.24. The lowest BCUT2D eigenvalue weighted by atomic mass is 9.81. The summed E-state index contributed by atoms with van der Waals surface area (Å²) in [5, 5.41) is 8.87. The van der Waals surface area contributed by atoms with Crippen molar-refractivity contribution in [2.45, 2.75) is 39.5 Å². The lowest BCUT2D eigenvalue weighted by Crippen LogP contribution is -2.27. The molecule has 0 aromatic heterocycles. The molecule has 0 amide bonds. The average Bonchev–Trinajstić information content (AvgIpc) is 2.01. The maximum absolute atomic E-state index is 11.8. The molecule has 0 aromatic carbocycles. The van der Waals surface area contributed by atoms with Crippen molar-refractivity contribution in [1.82, 2.24) is 0 Å². The van der Waals surface area contributed by atoms with Crippen LogP contribution in [0.2, 0.25) is 0 Å². The van der Waals surface area contributed by atoms with Crippen LogP contribution >= 0.6 is 0 Å². The number of carboxylic acids is 1. The van der Waals surface area contributed by atoms with Gasteiger partial charge in [0, 0.05) is 0 Å². The normalized spacial score (nSPS) is 15.6. The summed E-state index contributed by atoms with van der Waals surface area (Å²) in [4.78, 5) is 10.8. The molecule has 0 saturated heterocycles. The first-order valence-electron chi connectivity index (χ1n) is 4.36. The van der Waals surface area contributed by atoms with Crippen LogP contribution in [0, 0.1) is 5.41 Å². The Bertz CT molecular complexity index is 147. The molecule has 0 spiro atoms. The van der Waals surface area contributed by atoms with Crippen molar-refractivity contribution in [2.24, 2.45) is 5.41 Å². The zero-order valence-electron chi connectivity index (χ0n) is 7.77. The average molecular weight is 176 g/mol. The van der Waals surface area contributed by atoms with Crippen molar-refractivity contribution >= 4 is 5.97 Å². The van der Waals surface area contributed by atoms with E-state index in [4.69, 9.17) is 5.11 Å². The highest BCUT2D eigenvalue weighted by Gasteiger charge is 2.31. The van der Waals surface area contributed by atoms with Crippen LogP contribution in [0.1, 0.15) is 39.5 Å². The first-order valence-corrected chi connectivity index (χ1v) is 4.36. The fraction of sp³-hybridized carbons (Fsp3) is 0.889. The summed E-state index contributed by atoms with van der Waals surface area (Å²) in [6, 6.07) is 0. The molecule has 0 radical (unpaired) electrons. The Hall–Kier alpha value is -0.600. The zero-order chi connectivity index (χ0) is 9.61. The fourth-order valence-corrected chi connectivity index (χ4v) is 1.35. The highest BCUT2D eigenvalue weighted by molar-refractivity contribution is 5.73. The number of halogens is 1. The smallest absolute Gasteiger partial charge is 0.309 e. The van der Waals surface area contributed by atoms with Gasteiger partial charge in [-0.25, -0.2) is 0 Å². The lowest BCUT2D eigenvalue weighted by molar-refractivity contribution is -0.148. The monoisotopic (exact) mass is 176 g/mol. The van der Waals surface area contributed by atoms with E-state index in [9.17, 15) is 9.18 Å². The van der Waals surface area contributed by atoms with Gasteiger partial charge in [-0.3, -0.25) is 9.18 Å². The van der Waals surface area contributed by atoms with Gasteiger partial charge >= 0.3 is 5.97 Å². The molecular weight excluding hydrogens is 159 g/mol.